The number of hydrogen-bond acceptors (Lipinski definition) is 4. The van der Waals surface area contributed by atoms with Crippen molar-refractivity contribution in [1.29, 1.82) is 0 Å². The number of carbonyl (C=O) groups is 2. The highest BCUT2D eigenvalue weighted by atomic mass is 16.5. The number of para-hydroxylation sites is 1. The summed E-state index contributed by atoms with van der Waals surface area (Å²) in [5, 5.41) is 11.3. The first-order chi connectivity index (χ1) is 16.2. The first-order valence-corrected chi connectivity index (χ1v) is 10.7. The second-order valence-electron chi connectivity index (χ2n) is 7.53. The van der Waals surface area contributed by atoms with Gasteiger partial charge in [-0.1, -0.05) is 66.7 Å². The van der Waals surface area contributed by atoms with Crippen molar-refractivity contribution in [2.24, 2.45) is 0 Å². The van der Waals surface area contributed by atoms with Crippen LogP contribution in [-0.2, 0) is 4.74 Å². The second-order valence-corrected chi connectivity index (χ2v) is 7.53. The number of hydrogen-bond donors (Lipinski definition) is 1. The molecule has 0 aliphatic rings. The Bertz CT molecular complexity index is 1490. The van der Waals surface area contributed by atoms with Crippen LogP contribution in [0.25, 0.3) is 27.2 Å². The molecule has 33 heavy (non-hydrogen) atoms. The Morgan fingerprint density at radius 3 is 2.27 bits per heavy atom. The van der Waals surface area contributed by atoms with Gasteiger partial charge in [0.05, 0.1) is 12.3 Å². The van der Waals surface area contributed by atoms with Crippen LogP contribution in [0.2, 0.25) is 0 Å². The maximum Gasteiger partial charge on any atom is 0.358 e. The van der Waals surface area contributed by atoms with Crippen LogP contribution in [-0.4, -0.2) is 28.3 Å². The summed E-state index contributed by atoms with van der Waals surface area (Å²) in [6.45, 7) is 1.97. The number of ether oxygens (including phenoxy) is 1. The van der Waals surface area contributed by atoms with Crippen LogP contribution >= 0.6 is 0 Å². The molecule has 0 saturated carbocycles. The number of nitrogens with zero attached hydrogens (tertiary/aromatic N) is 2. The topological polar surface area (TPSA) is 73.2 Å². The van der Waals surface area contributed by atoms with Crippen molar-refractivity contribution in [2.45, 2.75) is 6.92 Å². The Morgan fingerprint density at radius 2 is 1.52 bits per heavy atom. The third-order valence-electron chi connectivity index (χ3n) is 5.45. The normalized spacial score (nSPS) is 10.9. The van der Waals surface area contributed by atoms with Crippen molar-refractivity contribution >= 4 is 39.2 Å². The summed E-state index contributed by atoms with van der Waals surface area (Å²) in [6, 6.07) is 28.6. The first kappa shape index (κ1) is 20.5. The zero-order chi connectivity index (χ0) is 22.8. The molecule has 0 unspecified atom stereocenters. The van der Waals surface area contributed by atoms with Crippen LogP contribution in [0.3, 0.4) is 0 Å². The molecule has 1 N–H and O–H groups in total. The van der Waals surface area contributed by atoms with E-state index in [4.69, 9.17) is 4.74 Å². The second kappa shape index (κ2) is 8.59. The van der Waals surface area contributed by atoms with Crippen LogP contribution in [0.5, 0.6) is 0 Å². The van der Waals surface area contributed by atoms with E-state index in [0.29, 0.717) is 17.1 Å². The fraction of sp³-hybridized carbons (Fsp3) is 0.0741. The van der Waals surface area contributed by atoms with Gasteiger partial charge in [-0.15, -0.1) is 0 Å². The Morgan fingerprint density at radius 1 is 0.848 bits per heavy atom. The fourth-order valence-corrected chi connectivity index (χ4v) is 3.97. The van der Waals surface area contributed by atoms with Gasteiger partial charge in [0.2, 0.25) is 0 Å². The monoisotopic (exact) mass is 435 g/mol. The molecule has 6 nitrogen and oxygen atoms in total. The molecular formula is C27H21N3O3. The van der Waals surface area contributed by atoms with E-state index in [1.54, 1.807) is 6.92 Å². The highest BCUT2D eigenvalue weighted by Gasteiger charge is 2.20. The molecule has 0 fully saturated rings. The number of aromatic nitrogens is 2. The van der Waals surface area contributed by atoms with Gasteiger partial charge in [0.15, 0.2) is 5.69 Å². The number of anilines is 1. The number of benzene rings is 4. The minimum absolute atomic E-state index is 0.124. The third kappa shape index (κ3) is 3.83. The molecule has 0 spiro atoms. The number of amides is 1. The Hall–Kier alpha value is -4.45. The van der Waals surface area contributed by atoms with Gasteiger partial charge in [0.1, 0.15) is 5.82 Å². The lowest BCUT2D eigenvalue weighted by Gasteiger charge is -2.12. The van der Waals surface area contributed by atoms with E-state index >= 15 is 0 Å². The SMILES string of the molecule is CCOC(=O)c1cc(NC(=O)c2cc3ccccc3c3ccccc23)n(-c2ccccc2)n1. The molecule has 5 aromatic rings. The van der Waals surface area contributed by atoms with Crippen LogP contribution in [0.15, 0.2) is 91.0 Å². The lowest BCUT2D eigenvalue weighted by Crippen LogP contribution is -2.15. The van der Waals surface area contributed by atoms with Crippen molar-refractivity contribution in [3.63, 3.8) is 0 Å². The summed E-state index contributed by atoms with van der Waals surface area (Å²) >= 11 is 0. The van der Waals surface area contributed by atoms with Crippen LogP contribution in [0.1, 0.15) is 27.8 Å². The van der Waals surface area contributed by atoms with Gasteiger partial charge in [0, 0.05) is 11.6 Å². The van der Waals surface area contributed by atoms with Crippen molar-refractivity contribution in [3.05, 3.63) is 102 Å². The Kier molecular flexibility index (Phi) is 5.32. The summed E-state index contributed by atoms with van der Waals surface area (Å²) in [5.74, 6) is -0.449. The van der Waals surface area contributed by atoms with E-state index in [-0.39, 0.29) is 18.2 Å². The molecular weight excluding hydrogens is 414 g/mol. The standard InChI is InChI=1S/C27H21N3O3/c1-2-33-27(32)24-17-25(30(29-24)19-11-4-3-5-12-19)28-26(31)23-16-18-10-6-7-13-20(18)21-14-8-9-15-22(21)23/h3-17H,2H2,1H3,(H,28,31). The Balaban J connectivity index is 1.60. The quantitative estimate of drug-likeness (QED) is 0.288. The van der Waals surface area contributed by atoms with Gasteiger partial charge in [-0.2, -0.15) is 5.10 Å². The number of esters is 1. The summed E-state index contributed by atoms with van der Waals surface area (Å²) < 4.78 is 6.64. The molecule has 6 heteroatoms. The van der Waals surface area contributed by atoms with Gasteiger partial charge in [-0.3, -0.25) is 4.79 Å². The molecule has 0 saturated heterocycles. The lowest BCUT2D eigenvalue weighted by molar-refractivity contribution is 0.0518. The summed E-state index contributed by atoms with van der Waals surface area (Å²) in [5.41, 5.74) is 1.38. The molecule has 4 aromatic carbocycles. The Labute approximate surface area is 190 Å². The zero-order valence-electron chi connectivity index (χ0n) is 18.0. The average Bonchev–Trinajstić information content (AvgIpc) is 3.28. The molecule has 0 aliphatic heterocycles. The minimum Gasteiger partial charge on any atom is -0.461 e. The molecule has 0 aliphatic carbocycles. The summed E-state index contributed by atoms with van der Waals surface area (Å²) in [4.78, 5) is 25.8. The van der Waals surface area contributed by atoms with Crippen LogP contribution < -0.4 is 5.32 Å². The molecule has 0 bridgehead atoms. The fourth-order valence-electron chi connectivity index (χ4n) is 3.97. The number of fused-ring (bicyclic) bond motifs is 3. The number of rotatable bonds is 5. The molecule has 1 amide bonds. The highest BCUT2D eigenvalue weighted by Crippen LogP contribution is 2.29. The largest absolute Gasteiger partial charge is 0.461 e. The third-order valence-corrected chi connectivity index (χ3v) is 5.45. The van der Waals surface area contributed by atoms with Crippen molar-refractivity contribution in [3.8, 4) is 5.69 Å². The van der Waals surface area contributed by atoms with Crippen LogP contribution in [0, 0.1) is 0 Å². The molecule has 0 atom stereocenters. The van der Waals surface area contributed by atoms with Gasteiger partial charge in [0.25, 0.3) is 5.91 Å². The summed E-state index contributed by atoms with van der Waals surface area (Å²) in [6.07, 6.45) is 0. The zero-order valence-corrected chi connectivity index (χ0v) is 18.0. The van der Waals surface area contributed by atoms with E-state index in [0.717, 1.165) is 21.5 Å². The smallest absolute Gasteiger partial charge is 0.358 e. The van der Waals surface area contributed by atoms with Gasteiger partial charge in [-0.05, 0) is 46.7 Å². The molecule has 0 radical (unpaired) electrons. The van der Waals surface area contributed by atoms with Gasteiger partial charge >= 0.3 is 5.97 Å². The number of nitrogens with one attached hydrogen (secondary N) is 1. The van der Waals surface area contributed by atoms with E-state index in [9.17, 15) is 9.59 Å². The van der Waals surface area contributed by atoms with E-state index < -0.39 is 5.97 Å². The molecule has 162 valence electrons. The van der Waals surface area contributed by atoms with Crippen molar-refractivity contribution < 1.29 is 14.3 Å². The van der Waals surface area contributed by atoms with E-state index in [1.165, 1.54) is 10.7 Å². The van der Waals surface area contributed by atoms with Gasteiger partial charge < -0.3 is 10.1 Å². The summed E-state index contributed by atoms with van der Waals surface area (Å²) in [7, 11) is 0. The van der Waals surface area contributed by atoms with E-state index in [2.05, 4.69) is 16.5 Å². The predicted molar refractivity (Wildman–Crippen MR) is 129 cm³/mol. The molecule has 1 aromatic heterocycles. The van der Waals surface area contributed by atoms with Gasteiger partial charge in [-0.25, -0.2) is 9.48 Å². The highest BCUT2D eigenvalue weighted by molar-refractivity contribution is 6.20. The van der Waals surface area contributed by atoms with Crippen LogP contribution in [0.4, 0.5) is 5.82 Å². The van der Waals surface area contributed by atoms with E-state index in [1.807, 2.05) is 78.9 Å². The maximum atomic E-state index is 13.5. The molecule has 1 heterocycles. The van der Waals surface area contributed by atoms with Crippen molar-refractivity contribution in [2.75, 3.05) is 11.9 Å². The predicted octanol–water partition coefficient (Wildman–Crippen LogP) is 5.61. The average molecular weight is 435 g/mol. The first-order valence-electron chi connectivity index (χ1n) is 10.7. The lowest BCUT2D eigenvalue weighted by atomic mass is 9.97. The minimum atomic E-state index is -0.543. The molecule has 5 rings (SSSR count). The van der Waals surface area contributed by atoms with Crippen molar-refractivity contribution in [1.82, 2.24) is 9.78 Å². The maximum absolute atomic E-state index is 13.5. The number of carbonyl (C=O) groups excluding carboxylic acids is 2.